The highest BCUT2D eigenvalue weighted by Gasteiger charge is 2.14. The summed E-state index contributed by atoms with van der Waals surface area (Å²) < 4.78 is 18.8. The van der Waals surface area contributed by atoms with E-state index in [1.165, 1.54) is 56.7 Å². The molecule has 11 heteroatoms. The van der Waals surface area contributed by atoms with E-state index in [4.69, 9.17) is 9.47 Å². The fourth-order valence-electron chi connectivity index (χ4n) is 2.57. The SMILES string of the molecule is CCC(O)COC(=O)c1ccc(C(=O)OCC(O)CC)cc1.COC(=O)c1cc(O)cc(C(=O)OC)c1. The summed E-state index contributed by atoms with van der Waals surface area (Å²) in [5.41, 5.74) is 0.762. The van der Waals surface area contributed by atoms with E-state index in [1.54, 1.807) is 13.8 Å². The fraction of sp³-hybridized carbons (Fsp3) is 0.385. The Morgan fingerprint density at radius 1 is 0.649 bits per heavy atom. The van der Waals surface area contributed by atoms with Gasteiger partial charge in [-0.2, -0.15) is 0 Å². The number of esters is 4. The van der Waals surface area contributed by atoms with Gasteiger partial charge in [-0.15, -0.1) is 0 Å². The number of rotatable bonds is 10. The molecule has 2 aromatic rings. The Labute approximate surface area is 214 Å². The van der Waals surface area contributed by atoms with Gasteiger partial charge in [0.1, 0.15) is 19.0 Å². The van der Waals surface area contributed by atoms with Gasteiger partial charge in [0, 0.05) is 0 Å². The molecule has 0 heterocycles. The molecule has 202 valence electrons. The Kier molecular flexibility index (Phi) is 13.4. The van der Waals surface area contributed by atoms with Gasteiger partial charge in [-0.1, -0.05) is 13.8 Å². The number of hydrogen-bond donors (Lipinski definition) is 3. The number of benzene rings is 2. The maximum atomic E-state index is 11.7. The summed E-state index contributed by atoms with van der Waals surface area (Å²) in [5, 5.41) is 27.9. The van der Waals surface area contributed by atoms with E-state index in [2.05, 4.69) is 9.47 Å². The van der Waals surface area contributed by atoms with Crippen LogP contribution in [-0.2, 0) is 18.9 Å². The van der Waals surface area contributed by atoms with Crippen molar-refractivity contribution in [3.63, 3.8) is 0 Å². The summed E-state index contributed by atoms with van der Waals surface area (Å²) in [6.45, 7) is 3.45. The second-order valence-corrected chi connectivity index (χ2v) is 7.65. The van der Waals surface area contributed by atoms with Gasteiger partial charge < -0.3 is 34.3 Å². The van der Waals surface area contributed by atoms with Gasteiger partial charge in [0.2, 0.25) is 0 Å². The normalized spacial score (nSPS) is 11.7. The Balaban J connectivity index is 0.000000397. The zero-order valence-electron chi connectivity index (χ0n) is 21.1. The predicted molar refractivity (Wildman–Crippen MR) is 130 cm³/mol. The Morgan fingerprint density at radius 3 is 1.30 bits per heavy atom. The molecule has 0 saturated carbocycles. The van der Waals surface area contributed by atoms with Crippen LogP contribution in [0.15, 0.2) is 42.5 Å². The van der Waals surface area contributed by atoms with E-state index in [0.717, 1.165) is 0 Å². The fourth-order valence-corrected chi connectivity index (χ4v) is 2.57. The molecule has 37 heavy (non-hydrogen) atoms. The largest absolute Gasteiger partial charge is 0.508 e. The highest BCUT2D eigenvalue weighted by atomic mass is 16.5. The number of hydrogen-bond acceptors (Lipinski definition) is 11. The molecule has 0 aliphatic rings. The quantitative estimate of drug-likeness (QED) is 0.311. The van der Waals surface area contributed by atoms with Crippen LogP contribution in [0.25, 0.3) is 0 Å². The lowest BCUT2D eigenvalue weighted by molar-refractivity contribution is 0.0242. The number of aliphatic hydroxyl groups is 2. The van der Waals surface area contributed by atoms with Gasteiger partial charge in [0.05, 0.1) is 48.7 Å². The Hall–Kier alpha value is -3.96. The van der Waals surface area contributed by atoms with E-state index in [1.807, 2.05) is 0 Å². The predicted octanol–water partition coefficient (Wildman–Crippen LogP) is 2.51. The van der Waals surface area contributed by atoms with Crippen LogP contribution in [-0.4, -0.2) is 78.8 Å². The first kappa shape index (κ1) is 31.1. The summed E-state index contributed by atoms with van der Waals surface area (Å²) in [6, 6.07) is 9.51. The first-order valence-electron chi connectivity index (χ1n) is 11.4. The molecule has 0 aliphatic carbocycles. The Bertz CT molecular complexity index is 968. The zero-order chi connectivity index (χ0) is 28.0. The second-order valence-electron chi connectivity index (χ2n) is 7.65. The molecule has 3 N–H and O–H groups in total. The number of ether oxygens (including phenoxy) is 4. The van der Waals surface area contributed by atoms with Crippen LogP contribution in [0.2, 0.25) is 0 Å². The molecule has 2 rings (SSSR count). The summed E-state index contributed by atoms with van der Waals surface area (Å²) in [5.74, 6) is -2.58. The van der Waals surface area contributed by atoms with E-state index in [0.29, 0.717) is 12.8 Å². The third-order valence-corrected chi connectivity index (χ3v) is 4.87. The number of phenolic OH excluding ortho intramolecular Hbond substituents is 1. The molecule has 0 fully saturated rings. The van der Waals surface area contributed by atoms with Crippen LogP contribution < -0.4 is 0 Å². The molecule has 0 radical (unpaired) electrons. The maximum Gasteiger partial charge on any atom is 0.338 e. The summed E-state index contributed by atoms with van der Waals surface area (Å²) in [4.78, 5) is 45.7. The highest BCUT2D eigenvalue weighted by Crippen LogP contribution is 2.17. The standard InChI is InChI=1S/C16H22O6.C10H10O5/c1-3-13(17)9-21-15(19)11-5-7-12(8-6-11)16(20)22-10-14(18)4-2;1-14-9(12)6-3-7(10(13)15-2)5-8(11)4-6/h5-8,13-14,17-18H,3-4,9-10H2,1-2H3;3-5,11H,1-2H3. The molecular weight excluding hydrogens is 488 g/mol. The lowest BCUT2D eigenvalue weighted by Crippen LogP contribution is -2.18. The number of methoxy groups -OCH3 is 2. The molecule has 11 nitrogen and oxygen atoms in total. The van der Waals surface area contributed by atoms with Gasteiger partial charge in [-0.25, -0.2) is 19.2 Å². The molecule has 0 bridgehead atoms. The third-order valence-electron chi connectivity index (χ3n) is 4.87. The minimum Gasteiger partial charge on any atom is -0.508 e. The molecule has 0 amide bonds. The number of carbonyl (C=O) groups excluding carboxylic acids is 4. The van der Waals surface area contributed by atoms with Crippen LogP contribution in [0.4, 0.5) is 0 Å². The van der Waals surface area contributed by atoms with Crippen molar-refractivity contribution in [1.29, 1.82) is 0 Å². The number of carbonyl (C=O) groups is 4. The average Bonchev–Trinajstić information content (AvgIpc) is 2.93. The van der Waals surface area contributed by atoms with E-state index in [-0.39, 0.29) is 41.2 Å². The zero-order valence-corrected chi connectivity index (χ0v) is 21.1. The van der Waals surface area contributed by atoms with E-state index < -0.39 is 36.1 Å². The van der Waals surface area contributed by atoms with Crippen molar-refractivity contribution in [1.82, 2.24) is 0 Å². The maximum absolute atomic E-state index is 11.7. The van der Waals surface area contributed by atoms with Crippen LogP contribution in [0.1, 0.15) is 68.1 Å². The number of aromatic hydroxyl groups is 1. The van der Waals surface area contributed by atoms with Gasteiger partial charge >= 0.3 is 23.9 Å². The molecule has 0 spiro atoms. The second kappa shape index (κ2) is 15.9. The molecular formula is C26H32O11. The molecule has 0 aromatic heterocycles. The van der Waals surface area contributed by atoms with Gasteiger partial charge in [0.25, 0.3) is 0 Å². The van der Waals surface area contributed by atoms with Gasteiger partial charge in [-0.05, 0) is 55.3 Å². The highest BCUT2D eigenvalue weighted by molar-refractivity contribution is 5.96. The van der Waals surface area contributed by atoms with E-state index >= 15 is 0 Å². The summed E-state index contributed by atoms with van der Waals surface area (Å²) in [7, 11) is 2.42. The first-order valence-corrected chi connectivity index (χ1v) is 11.4. The van der Waals surface area contributed by atoms with E-state index in [9.17, 15) is 34.5 Å². The van der Waals surface area contributed by atoms with Crippen molar-refractivity contribution in [3.05, 3.63) is 64.7 Å². The molecule has 2 atom stereocenters. The van der Waals surface area contributed by atoms with Crippen molar-refractivity contribution >= 4 is 23.9 Å². The summed E-state index contributed by atoms with van der Waals surface area (Å²) >= 11 is 0. The molecule has 0 aliphatic heterocycles. The van der Waals surface area contributed by atoms with Crippen LogP contribution in [0.5, 0.6) is 5.75 Å². The minimum atomic E-state index is -0.678. The van der Waals surface area contributed by atoms with Crippen LogP contribution in [0.3, 0.4) is 0 Å². The first-order chi connectivity index (χ1) is 17.6. The minimum absolute atomic E-state index is 0.0615. The van der Waals surface area contributed by atoms with Crippen LogP contribution >= 0.6 is 0 Å². The monoisotopic (exact) mass is 520 g/mol. The van der Waals surface area contributed by atoms with Gasteiger partial charge in [-0.3, -0.25) is 0 Å². The third kappa shape index (κ3) is 10.7. The van der Waals surface area contributed by atoms with Gasteiger partial charge in [0.15, 0.2) is 0 Å². The number of phenols is 1. The van der Waals surface area contributed by atoms with Crippen molar-refractivity contribution in [2.45, 2.75) is 38.9 Å². The van der Waals surface area contributed by atoms with Crippen LogP contribution in [0, 0.1) is 0 Å². The topological polar surface area (TPSA) is 166 Å². The lowest BCUT2D eigenvalue weighted by atomic mass is 10.1. The van der Waals surface area contributed by atoms with Crippen molar-refractivity contribution in [3.8, 4) is 5.75 Å². The summed E-state index contributed by atoms with van der Waals surface area (Å²) in [6.07, 6.45) is -0.352. The molecule has 0 saturated heterocycles. The molecule has 2 aromatic carbocycles. The smallest absolute Gasteiger partial charge is 0.338 e. The van der Waals surface area contributed by atoms with Crippen molar-refractivity contribution in [2.24, 2.45) is 0 Å². The van der Waals surface area contributed by atoms with Crippen molar-refractivity contribution < 1.29 is 53.4 Å². The average molecular weight is 521 g/mol. The van der Waals surface area contributed by atoms with Crippen molar-refractivity contribution in [2.75, 3.05) is 27.4 Å². The molecule has 2 unspecified atom stereocenters. The lowest BCUT2D eigenvalue weighted by Gasteiger charge is -2.10. The number of aliphatic hydroxyl groups excluding tert-OH is 2. The Morgan fingerprint density at radius 2 is 1.00 bits per heavy atom.